The second-order valence-electron chi connectivity index (χ2n) is 10.6. The van der Waals surface area contributed by atoms with Crippen LogP contribution in [0, 0.1) is 34.5 Å². The highest BCUT2D eigenvalue weighted by atomic mass is 16.3. The van der Waals surface area contributed by atoms with Crippen LogP contribution in [0.25, 0.3) is 0 Å². The summed E-state index contributed by atoms with van der Waals surface area (Å²) in [6.07, 6.45) is 11.7. The van der Waals surface area contributed by atoms with E-state index < -0.39 is 5.60 Å². The minimum absolute atomic E-state index is 0.0367. The molecule has 0 aromatic carbocycles. The molecule has 26 heavy (non-hydrogen) atoms. The van der Waals surface area contributed by atoms with E-state index in [0.717, 1.165) is 44.9 Å². The van der Waals surface area contributed by atoms with Crippen molar-refractivity contribution in [3.05, 3.63) is 0 Å². The number of rotatable bonds is 2. The highest BCUT2D eigenvalue weighted by Crippen LogP contribution is 2.68. The lowest BCUT2D eigenvalue weighted by Crippen LogP contribution is -2.62. The van der Waals surface area contributed by atoms with Crippen molar-refractivity contribution in [2.75, 3.05) is 14.1 Å². The van der Waals surface area contributed by atoms with Crippen molar-refractivity contribution < 1.29 is 10.2 Å². The first-order valence-electron chi connectivity index (χ1n) is 10.8. The van der Waals surface area contributed by atoms with Gasteiger partial charge in [0.15, 0.2) is 0 Å². The molecule has 0 unspecified atom stereocenters. The van der Waals surface area contributed by atoms with Crippen LogP contribution in [-0.4, -0.2) is 47.2 Å². The molecule has 4 nitrogen and oxygen atoms in total. The topological polar surface area (TPSA) is 56.1 Å². The van der Waals surface area contributed by atoms with Crippen LogP contribution in [0.15, 0.2) is 5.10 Å². The van der Waals surface area contributed by atoms with Gasteiger partial charge in [0.2, 0.25) is 0 Å². The normalized spacial score (nSPS) is 53.8. The van der Waals surface area contributed by atoms with Crippen LogP contribution in [0.4, 0.5) is 0 Å². The highest BCUT2D eigenvalue weighted by Gasteiger charge is 2.66. The minimum atomic E-state index is -0.539. The highest BCUT2D eigenvalue weighted by molar-refractivity contribution is 5.63. The van der Waals surface area contributed by atoms with Crippen molar-refractivity contribution >= 4 is 6.21 Å². The molecule has 0 bridgehead atoms. The molecule has 4 heteroatoms. The Hall–Kier alpha value is -0.610. The molecule has 4 aliphatic rings. The van der Waals surface area contributed by atoms with Crippen molar-refractivity contribution in [1.29, 1.82) is 0 Å². The lowest BCUT2D eigenvalue weighted by Gasteiger charge is -2.63. The average molecular weight is 363 g/mol. The van der Waals surface area contributed by atoms with Crippen molar-refractivity contribution in [2.45, 2.75) is 83.3 Å². The summed E-state index contributed by atoms with van der Waals surface area (Å²) in [5, 5.41) is 28.6. The van der Waals surface area contributed by atoms with Gasteiger partial charge in [-0.1, -0.05) is 13.8 Å². The van der Waals surface area contributed by atoms with Crippen LogP contribution in [0.5, 0.6) is 0 Å². The van der Waals surface area contributed by atoms with E-state index in [1.165, 1.54) is 12.8 Å². The summed E-state index contributed by atoms with van der Waals surface area (Å²) < 4.78 is 0. The van der Waals surface area contributed by atoms with Gasteiger partial charge in [-0.2, -0.15) is 5.10 Å². The molecule has 0 amide bonds. The van der Waals surface area contributed by atoms with Gasteiger partial charge in [0.05, 0.1) is 11.7 Å². The molecule has 0 aromatic heterocycles. The Bertz CT molecular complexity index is 578. The Morgan fingerprint density at radius 1 is 0.962 bits per heavy atom. The maximum atomic E-state index is 12.0. The van der Waals surface area contributed by atoms with Crippen molar-refractivity contribution in [3.63, 3.8) is 0 Å². The van der Waals surface area contributed by atoms with Crippen LogP contribution in [-0.2, 0) is 0 Å². The molecule has 0 radical (unpaired) electrons. The average Bonchev–Trinajstić information content (AvgIpc) is 2.85. The summed E-state index contributed by atoms with van der Waals surface area (Å²) in [7, 11) is 3.94. The number of hydrazone groups is 1. The zero-order valence-corrected chi connectivity index (χ0v) is 17.1. The van der Waals surface area contributed by atoms with E-state index in [1.54, 1.807) is 0 Å². The molecule has 8 atom stereocenters. The summed E-state index contributed by atoms with van der Waals surface area (Å²) in [6, 6.07) is 0. The van der Waals surface area contributed by atoms with Gasteiger partial charge in [0.1, 0.15) is 0 Å². The molecule has 148 valence electrons. The molecule has 0 aromatic rings. The van der Waals surface area contributed by atoms with Gasteiger partial charge in [-0.15, -0.1) is 0 Å². The number of nitrogens with zero attached hydrogens (tertiary/aromatic N) is 2. The lowest BCUT2D eigenvalue weighted by atomic mass is 9.43. The molecule has 0 spiro atoms. The first-order chi connectivity index (χ1) is 12.2. The van der Waals surface area contributed by atoms with Gasteiger partial charge in [-0.05, 0) is 81.0 Å². The predicted octanol–water partition coefficient (Wildman–Crippen LogP) is 3.67. The quantitative estimate of drug-likeness (QED) is 0.582. The molecule has 4 rings (SSSR count). The Morgan fingerprint density at radius 2 is 1.73 bits per heavy atom. The number of hydrogen-bond acceptors (Lipinski definition) is 4. The molecule has 4 saturated carbocycles. The molecule has 0 saturated heterocycles. The second kappa shape index (κ2) is 6.20. The Kier molecular flexibility index (Phi) is 4.47. The van der Waals surface area contributed by atoms with E-state index in [2.05, 4.69) is 25.2 Å². The molecule has 4 fully saturated rings. The van der Waals surface area contributed by atoms with Crippen molar-refractivity contribution in [2.24, 2.45) is 39.6 Å². The van der Waals surface area contributed by atoms with E-state index >= 15 is 0 Å². The molecule has 4 aliphatic carbocycles. The number of aliphatic hydroxyl groups is 2. The summed E-state index contributed by atoms with van der Waals surface area (Å²) in [6.45, 7) is 4.81. The largest absolute Gasteiger partial charge is 0.393 e. The summed E-state index contributed by atoms with van der Waals surface area (Å²) >= 11 is 0. The van der Waals surface area contributed by atoms with Crippen molar-refractivity contribution in [3.8, 4) is 0 Å². The van der Waals surface area contributed by atoms with Crippen LogP contribution in [0.3, 0.4) is 0 Å². The van der Waals surface area contributed by atoms with E-state index in [4.69, 9.17) is 0 Å². The van der Waals surface area contributed by atoms with Gasteiger partial charge in [-0.3, -0.25) is 0 Å². The summed E-state index contributed by atoms with van der Waals surface area (Å²) in [4.78, 5) is 0. The van der Waals surface area contributed by atoms with Crippen LogP contribution in [0.2, 0.25) is 0 Å². The number of fused-ring (bicyclic) bond motifs is 5. The fraction of sp³-hybridized carbons (Fsp3) is 0.955. The van der Waals surface area contributed by atoms with Gasteiger partial charge >= 0.3 is 0 Å². The fourth-order valence-corrected chi connectivity index (χ4v) is 7.70. The first-order valence-corrected chi connectivity index (χ1v) is 10.8. The Balaban J connectivity index is 1.62. The third-order valence-electron chi connectivity index (χ3n) is 9.37. The first kappa shape index (κ1) is 18.7. The summed E-state index contributed by atoms with van der Waals surface area (Å²) in [5.74, 6) is 2.08. The Morgan fingerprint density at radius 3 is 2.46 bits per heavy atom. The second-order valence-corrected chi connectivity index (χ2v) is 10.6. The van der Waals surface area contributed by atoms with Crippen LogP contribution < -0.4 is 0 Å². The lowest BCUT2D eigenvalue weighted by molar-refractivity contribution is -0.206. The molecule has 2 N–H and O–H groups in total. The monoisotopic (exact) mass is 362 g/mol. The number of aliphatic hydroxyl groups excluding tert-OH is 1. The maximum Gasteiger partial charge on any atom is 0.0738 e. The third kappa shape index (κ3) is 2.51. The SMILES string of the molecule is CN(C)/N=C\[C@H]1CC[C@]2(O)[C@@H]3CC[C@@H]4C[C@@H](O)CC[C@]4(C)[C@H]3CC[C@]12C. The van der Waals surface area contributed by atoms with E-state index in [0.29, 0.717) is 29.1 Å². The summed E-state index contributed by atoms with van der Waals surface area (Å²) in [5.41, 5.74) is -0.261. The van der Waals surface area contributed by atoms with Gasteiger partial charge in [0, 0.05) is 31.6 Å². The standard InChI is InChI=1S/C22H38N2O2/c1-20-10-8-17(25)13-15(20)5-6-19-18(20)9-11-21(2)16(14-23-24(3)4)7-12-22(19,21)26/h14-19,25-26H,5-13H2,1-4H3/b23-14-/t15-,16-,17+,18+,19-,20+,21-,22+/m1/s1. The minimum Gasteiger partial charge on any atom is -0.393 e. The van der Waals surface area contributed by atoms with E-state index in [9.17, 15) is 10.2 Å². The molecular formula is C22H38N2O2. The van der Waals surface area contributed by atoms with Gasteiger partial charge in [-0.25, -0.2) is 0 Å². The molecule has 0 aliphatic heterocycles. The smallest absolute Gasteiger partial charge is 0.0738 e. The van der Waals surface area contributed by atoms with Crippen LogP contribution in [0.1, 0.15) is 71.6 Å². The van der Waals surface area contributed by atoms with Gasteiger partial charge < -0.3 is 15.2 Å². The Labute approximate surface area is 159 Å². The van der Waals surface area contributed by atoms with Crippen molar-refractivity contribution in [1.82, 2.24) is 5.01 Å². The number of hydrogen-bond donors (Lipinski definition) is 2. The predicted molar refractivity (Wildman–Crippen MR) is 105 cm³/mol. The molecule has 0 heterocycles. The van der Waals surface area contributed by atoms with Crippen LogP contribution >= 0.6 is 0 Å². The maximum absolute atomic E-state index is 12.0. The molecular weight excluding hydrogens is 324 g/mol. The zero-order valence-electron chi connectivity index (χ0n) is 17.1. The third-order valence-corrected chi connectivity index (χ3v) is 9.37. The van der Waals surface area contributed by atoms with Gasteiger partial charge in [0.25, 0.3) is 0 Å². The fourth-order valence-electron chi connectivity index (χ4n) is 7.70. The zero-order chi connectivity index (χ0) is 18.7. The van der Waals surface area contributed by atoms with E-state index in [1.807, 2.05) is 19.1 Å². The van der Waals surface area contributed by atoms with E-state index in [-0.39, 0.29) is 11.5 Å².